The lowest BCUT2D eigenvalue weighted by Gasteiger charge is -2.23. The van der Waals surface area contributed by atoms with E-state index in [0.29, 0.717) is 17.0 Å². The number of benzene rings is 7. The van der Waals surface area contributed by atoms with Crippen molar-refractivity contribution in [2.24, 2.45) is 0 Å². The van der Waals surface area contributed by atoms with E-state index in [1.165, 1.54) is 16.7 Å². The molecule has 7 aromatic carbocycles. The van der Waals surface area contributed by atoms with E-state index in [-0.39, 0.29) is 22.0 Å². The van der Waals surface area contributed by atoms with Crippen LogP contribution in [-0.2, 0) is 16.2 Å². The number of nitrogens with zero attached hydrogens (tertiary/aromatic N) is 3. The van der Waals surface area contributed by atoms with Crippen LogP contribution in [0.4, 0.5) is 0 Å². The summed E-state index contributed by atoms with van der Waals surface area (Å²) in [5.41, 5.74) is 16.5. The molecule has 10 aromatic rings. The number of furan rings is 1. The number of imidazole rings is 1. The highest BCUT2D eigenvalue weighted by Gasteiger charge is 2.27. The molecule has 1 N–H and O–H groups in total. The number of pyridine rings is 1. The molecule has 5 heteroatoms. The number of hydrogen-bond acceptors (Lipinski definition) is 4. The Bertz CT molecular complexity index is 3420. The summed E-state index contributed by atoms with van der Waals surface area (Å²) >= 11 is 0. The first kappa shape index (κ1) is 41.8. The zero-order valence-corrected chi connectivity index (χ0v) is 38.8. The van der Waals surface area contributed by atoms with Gasteiger partial charge in [-0.25, -0.2) is 4.98 Å². The van der Waals surface area contributed by atoms with Gasteiger partial charge in [-0.3, -0.25) is 9.55 Å². The summed E-state index contributed by atoms with van der Waals surface area (Å²) in [6.45, 7) is 20.2. The van der Waals surface area contributed by atoms with Crippen molar-refractivity contribution in [2.45, 2.75) is 78.6 Å². The van der Waals surface area contributed by atoms with Gasteiger partial charge in [0.15, 0.2) is 5.82 Å². The van der Waals surface area contributed by atoms with E-state index in [2.05, 4.69) is 194 Å². The fraction of sp³-hybridized carbons (Fsp3) is 0.200. The van der Waals surface area contributed by atoms with Crippen LogP contribution in [-0.4, -0.2) is 19.6 Å². The summed E-state index contributed by atoms with van der Waals surface area (Å²) < 4.78 is 8.88. The third-order valence-corrected chi connectivity index (χ3v) is 12.9. The summed E-state index contributed by atoms with van der Waals surface area (Å²) in [5.74, 6) is 0.688. The topological polar surface area (TPSA) is 64.1 Å². The molecule has 65 heavy (non-hydrogen) atoms. The molecule has 0 amide bonds. The van der Waals surface area contributed by atoms with Gasteiger partial charge in [0.05, 0.1) is 22.4 Å². The number of fused-ring (bicyclic) bond motifs is 4. The van der Waals surface area contributed by atoms with Gasteiger partial charge in [0, 0.05) is 33.7 Å². The number of rotatable bonds is 6. The fourth-order valence-corrected chi connectivity index (χ4v) is 9.08. The van der Waals surface area contributed by atoms with Crippen molar-refractivity contribution in [3.63, 3.8) is 0 Å². The molecule has 3 heterocycles. The van der Waals surface area contributed by atoms with Crippen molar-refractivity contribution in [2.75, 3.05) is 0 Å². The Morgan fingerprint density at radius 2 is 1.18 bits per heavy atom. The largest absolute Gasteiger partial charge is 0.507 e. The molecule has 0 saturated heterocycles. The van der Waals surface area contributed by atoms with Crippen molar-refractivity contribution < 1.29 is 9.52 Å². The monoisotopic (exact) mass is 849 g/mol. The molecule has 0 bridgehead atoms. The van der Waals surface area contributed by atoms with Crippen LogP contribution in [0.25, 0.3) is 94.7 Å². The molecule has 0 spiro atoms. The van der Waals surface area contributed by atoms with E-state index in [1.807, 2.05) is 30.5 Å². The molecule has 0 aliphatic rings. The highest BCUT2D eigenvalue weighted by atomic mass is 16.3. The molecule has 10 rings (SSSR count). The van der Waals surface area contributed by atoms with Crippen LogP contribution in [0.3, 0.4) is 0 Å². The van der Waals surface area contributed by atoms with Gasteiger partial charge in [-0.15, -0.1) is 0 Å². The maximum absolute atomic E-state index is 12.0. The van der Waals surface area contributed by atoms with Crippen LogP contribution < -0.4 is 0 Å². The molecule has 0 aliphatic heterocycles. The second kappa shape index (κ2) is 15.5. The number of para-hydroxylation sites is 2. The molecule has 0 radical (unpaired) electrons. The lowest BCUT2D eigenvalue weighted by Crippen LogP contribution is -2.12. The maximum Gasteiger partial charge on any atom is 0.153 e. The van der Waals surface area contributed by atoms with E-state index in [0.717, 1.165) is 77.7 Å². The van der Waals surface area contributed by atoms with Crippen LogP contribution in [0.5, 0.6) is 5.75 Å². The first-order chi connectivity index (χ1) is 31.0. The lowest BCUT2D eigenvalue weighted by atomic mass is 9.83. The molecule has 0 atom stereocenters. The second-order valence-corrected chi connectivity index (χ2v) is 20.5. The van der Waals surface area contributed by atoms with Gasteiger partial charge in [-0.05, 0) is 116 Å². The minimum Gasteiger partial charge on any atom is -0.507 e. The standard InChI is InChI=1S/C60H55N3O2/c1-58(2,3)42-24-22-37(23-25-42)39-30-31-61-49(35-39)41-32-40(33-44(34-41)60(7,8)9)45-19-15-20-51-55(45)62-57(54-52(64)29-27-47-46-18-13-14-21-53(46)65-56(47)54)63(51)50-28-26-43(59(4,5)6)36-48(50)38-16-11-10-12-17-38/h10-36,64H,1-9H3. The van der Waals surface area contributed by atoms with E-state index in [4.69, 9.17) is 14.4 Å². The third-order valence-electron chi connectivity index (χ3n) is 12.9. The summed E-state index contributed by atoms with van der Waals surface area (Å²) in [6, 6.07) is 55.5. The predicted octanol–water partition coefficient (Wildman–Crippen LogP) is 16.3. The molecule has 322 valence electrons. The summed E-state index contributed by atoms with van der Waals surface area (Å²) in [7, 11) is 0. The van der Waals surface area contributed by atoms with E-state index in [9.17, 15) is 5.11 Å². The molecule has 5 nitrogen and oxygen atoms in total. The third kappa shape index (κ3) is 7.59. The maximum atomic E-state index is 12.0. The van der Waals surface area contributed by atoms with Crippen molar-refractivity contribution in [3.05, 3.63) is 181 Å². The molecule has 0 aliphatic carbocycles. The SMILES string of the molecule is CC(C)(C)c1ccc(-c2ccnc(-c3cc(-c4cccc5c4nc(-c4c(O)ccc6c4oc4ccccc46)n5-c4ccc(C(C)(C)C)cc4-c4ccccc4)cc(C(C)(C)C)c3)c2)cc1. The molecular weight excluding hydrogens is 795 g/mol. The number of aromatic nitrogens is 3. The van der Waals surface area contributed by atoms with Crippen LogP contribution in [0.2, 0.25) is 0 Å². The molecular formula is C60H55N3O2. The fourth-order valence-electron chi connectivity index (χ4n) is 9.08. The number of phenols is 1. The van der Waals surface area contributed by atoms with E-state index < -0.39 is 0 Å². The predicted molar refractivity (Wildman–Crippen MR) is 271 cm³/mol. The van der Waals surface area contributed by atoms with Gasteiger partial charge in [-0.2, -0.15) is 0 Å². The average molecular weight is 850 g/mol. The van der Waals surface area contributed by atoms with Crippen molar-refractivity contribution in [1.29, 1.82) is 0 Å². The first-order valence-corrected chi connectivity index (χ1v) is 22.6. The minimum absolute atomic E-state index is 0.0768. The van der Waals surface area contributed by atoms with Gasteiger partial charge in [0.25, 0.3) is 0 Å². The van der Waals surface area contributed by atoms with Crippen molar-refractivity contribution in [3.8, 4) is 67.5 Å². The van der Waals surface area contributed by atoms with Crippen LogP contribution >= 0.6 is 0 Å². The lowest BCUT2D eigenvalue weighted by molar-refractivity contribution is 0.476. The van der Waals surface area contributed by atoms with Crippen molar-refractivity contribution in [1.82, 2.24) is 14.5 Å². The van der Waals surface area contributed by atoms with E-state index in [1.54, 1.807) is 6.07 Å². The Balaban J connectivity index is 1.24. The normalized spacial score (nSPS) is 12.4. The second-order valence-electron chi connectivity index (χ2n) is 20.5. The Morgan fingerprint density at radius 1 is 0.492 bits per heavy atom. The highest BCUT2D eigenvalue weighted by molar-refractivity contribution is 6.11. The zero-order chi connectivity index (χ0) is 45.4. The van der Waals surface area contributed by atoms with Crippen molar-refractivity contribution >= 4 is 33.0 Å². The zero-order valence-electron chi connectivity index (χ0n) is 38.8. The minimum atomic E-state index is -0.161. The quantitative estimate of drug-likeness (QED) is 0.181. The van der Waals surface area contributed by atoms with Crippen LogP contribution in [0.15, 0.2) is 168 Å². The first-order valence-electron chi connectivity index (χ1n) is 22.6. The summed E-state index contributed by atoms with van der Waals surface area (Å²) in [6.07, 6.45) is 1.92. The van der Waals surface area contributed by atoms with Crippen LogP contribution in [0.1, 0.15) is 79.0 Å². The van der Waals surface area contributed by atoms with Gasteiger partial charge < -0.3 is 9.52 Å². The van der Waals surface area contributed by atoms with Gasteiger partial charge in [0.2, 0.25) is 0 Å². The Kier molecular flexibility index (Phi) is 9.95. The number of hydrogen-bond donors (Lipinski definition) is 1. The number of phenolic OH excluding ortho intramolecular Hbond substituents is 1. The van der Waals surface area contributed by atoms with Gasteiger partial charge >= 0.3 is 0 Å². The molecule has 0 unspecified atom stereocenters. The molecule has 0 saturated carbocycles. The summed E-state index contributed by atoms with van der Waals surface area (Å²) in [4.78, 5) is 10.6. The van der Waals surface area contributed by atoms with Crippen LogP contribution in [0, 0.1) is 0 Å². The van der Waals surface area contributed by atoms with Gasteiger partial charge in [-0.1, -0.05) is 159 Å². The smallest absolute Gasteiger partial charge is 0.153 e. The summed E-state index contributed by atoms with van der Waals surface area (Å²) in [5, 5.41) is 13.9. The Morgan fingerprint density at radius 3 is 1.92 bits per heavy atom. The highest BCUT2D eigenvalue weighted by Crippen LogP contribution is 2.46. The van der Waals surface area contributed by atoms with E-state index >= 15 is 0 Å². The number of aromatic hydroxyl groups is 1. The average Bonchev–Trinajstić information content (AvgIpc) is 3.87. The Hall–Kier alpha value is -7.24. The Labute approximate surface area is 382 Å². The molecule has 0 fully saturated rings. The van der Waals surface area contributed by atoms with Gasteiger partial charge in [0.1, 0.15) is 22.5 Å². The molecule has 3 aromatic heterocycles.